The van der Waals surface area contributed by atoms with Gasteiger partial charge in [0.15, 0.2) is 5.78 Å². The summed E-state index contributed by atoms with van der Waals surface area (Å²) in [5.41, 5.74) is 1.89. The molecule has 6 nitrogen and oxygen atoms in total. The van der Waals surface area contributed by atoms with Crippen LogP contribution < -0.4 is 10.6 Å². The topological polar surface area (TPSA) is 84.5 Å². The summed E-state index contributed by atoms with van der Waals surface area (Å²) in [7, 11) is 0. The first-order valence-corrected chi connectivity index (χ1v) is 12.0. The normalized spacial score (nSPS) is 10.5. The molecular formula is C28H25IN2O4. The number of hydrogen-bond acceptors (Lipinski definition) is 4. The minimum Gasteiger partial charge on any atom is -0.444 e. The number of ether oxygens (including phenoxy) is 1. The second-order valence-electron chi connectivity index (χ2n) is 8.66. The fraction of sp³-hybridized carbons (Fsp3) is 0.179. The molecule has 0 heterocycles. The zero-order valence-corrected chi connectivity index (χ0v) is 21.8. The Kier molecular flexibility index (Phi) is 8.66. The van der Waals surface area contributed by atoms with E-state index in [9.17, 15) is 14.4 Å². The molecule has 0 atom stereocenters. The molecule has 3 aromatic rings. The van der Waals surface area contributed by atoms with E-state index in [0.29, 0.717) is 22.5 Å². The molecule has 35 heavy (non-hydrogen) atoms. The monoisotopic (exact) mass is 580 g/mol. The number of anilines is 2. The fourth-order valence-corrected chi connectivity index (χ4v) is 3.56. The van der Waals surface area contributed by atoms with E-state index in [1.54, 1.807) is 57.2 Å². The van der Waals surface area contributed by atoms with E-state index in [-0.39, 0.29) is 12.2 Å². The van der Waals surface area contributed by atoms with Crippen molar-refractivity contribution in [3.05, 3.63) is 93.1 Å². The molecule has 0 aliphatic rings. The molecule has 0 saturated carbocycles. The van der Waals surface area contributed by atoms with Gasteiger partial charge in [-0.05, 0) is 85.8 Å². The van der Waals surface area contributed by atoms with Gasteiger partial charge >= 0.3 is 6.09 Å². The summed E-state index contributed by atoms with van der Waals surface area (Å²) in [6, 6.07) is 21.5. The van der Waals surface area contributed by atoms with Crippen molar-refractivity contribution in [2.75, 3.05) is 10.6 Å². The van der Waals surface area contributed by atoms with Crippen LogP contribution in [0.1, 0.15) is 48.7 Å². The maximum Gasteiger partial charge on any atom is 0.412 e. The van der Waals surface area contributed by atoms with Crippen molar-refractivity contribution in [1.29, 1.82) is 0 Å². The summed E-state index contributed by atoms with van der Waals surface area (Å²) < 4.78 is 6.23. The van der Waals surface area contributed by atoms with Crippen LogP contribution in [0.5, 0.6) is 0 Å². The number of hydrogen-bond donors (Lipinski definition) is 2. The summed E-state index contributed by atoms with van der Waals surface area (Å²) in [6.07, 6.45) is -1.00. The van der Waals surface area contributed by atoms with E-state index in [2.05, 4.69) is 45.1 Å². The Morgan fingerprint density at radius 1 is 0.829 bits per heavy atom. The van der Waals surface area contributed by atoms with Gasteiger partial charge in [-0.15, -0.1) is 0 Å². The fourth-order valence-electron chi connectivity index (χ4n) is 3.02. The Labute approximate surface area is 218 Å². The molecular weight excluding hydrogens is 555 g/mol. The SMILES string of the molecule is CC(C)(C)OC(=O)Nc1ccc(C#Cc2ccccc2)cc1NC(=O)CC(=O)c1cccc(I)c1. The highest BCUT2D eigenvalue weighted by Crippen LogP contribution is 2.25. The molecule has 0 aliphatic carbocycles. The second kappa shape index (κ2) is 11.7. The molecule has 0 bridgehead atoms. The van der Waals surface area contributed by atoms with Gasteiger partial charge < -0.3 is 10.1 Å². The summed E-state index contributed by atoms with van der Waals surface area (Å²) in [5.74, 6) is 5.31. The number of nitrogens with one attached hydrogen (secondary N) is 2. The van der Waals surface area contributed by atoms with E-state index in [0.717, 1.165) is 9.13 Å². The third-order valence-electron chi connectivity index (χ3n) is 4.52. The maximum atomic E-state index is 12.7. The van der Waals surface area contributed by atoms with Gasteiger partial charge in [-0.3, -0.25) is 14.9 Å². The summed E-state index contributed by atoms with van der Waals surface area (Å²) in [6.45, 7) is 5.27. The minimum atomic E-state index is -0.686. The molecule has 0 aliphatic heterocycles. The molecule has 0 fully saturated rings. The van der Waals surface area contributed by atoms with E-state index in [1.807, 2.05) is 36.4 Å². The van der Waals surface area contributed by atoms with Crippen molar-refractivity contribution in [1.82, 2.24) is 0 Å². The molecule has 0 spiro atoms. The standard InChI is InChI=1S/C28H25IN2O4/c1-28(2,3)35-27(34)31-23-15-14-20(13-12-19-8-5-4-6-9-19)16-24(23)30-26(33)18-25(32)21-10-7-11-22(29)17-21/h4-11,14-17H,18H2,1-3H3,(H,30,33)(H,31,34). The number of Topliss-reactive ketones (excluding diaryl/α,β-unsaturated/α-hetero) is 1. The van der Waals surface area contributed by atoms with Crippen LogP contribution in [0, 0.1) is 15.4 Å². The summed E-state index contributed by atoms with van der Waals surface area (Å²) >= 11 is 2.11. The first-order valence-electron chi connectivity index (χ1n) is 10.9. The minimum absolute atomic E-state index is 0.303. The first-order chi connectivity index (χ1) is 16.6. The second-order valence-corrected chi connectivity index (χ2v) is 9.91. The van der Waals surface area contributed by atoms with Crippen molar-refractivity contribution < 1.29 is 19.1 Å². The molecule has 2 N–H and O–H groups in total. The number of rotatable bonds is 5. The molecule has 178 valence electrons. The van der Waals surface area contributed by atoms with Crippen molar-refractivity contribution in [3.63, 3.8) is 0 Å². The Morgan fingerprint density at radius 2 is 1.54 bits per heavy atom. The van der Waals surface area contributed by atoms with Crippen LogP contribution in [-0.2, 0) is 9.53 Å². The van der Waals surface area contributed by atoms with Crippen LogP contribution in [0.25, 0.3) is 0 Å². The molecule has 0 unspecified atom stereocenters. The van der Waals surface area contributed by atoms with Crippen molar-refractivity contribution in [3.8, 4) is 11.8 Å². The molecule has 2 amide bonds. The lowest BCUT2D eigenvalue weighted by atomic mass is 10.1. The van der Waals surface area contributed by atoms with Crippen LogP contribution >= 0.6 is 22.6 Å². The van der Waals surface area contributed by atoms with E-state index < -0.39 is 17.6 Å². The van der Waals surface area contributed by atoms with Gasteiger partial charge in [-0.2, -0.15) is 0 Å². The van der Waals surface area contributed by atoms with E-state index in [1.165, 1.54) is 0 Å². The lowest BCUT2D eigenvalue weighted by molar-refractivity contribution is -0.115. The molecule has 0 saturated heterocycles. The van der Waals surface area contributed by atoms with E-state index >= 15 is 0 Å². The van der Waals surface area contributed by atoms with Gasteiger partial charge in [-0.1, -0.05) is 42.2 Å². The van der Waals surface area contributed by atoms with Crippen LogP contribution in [0.2, 0.25) is 0 Å². The lowest BCUT2D eigenvalue weighted by Gasteiger charge is -2.20. The number of halogens is 1. The van der Waals surface area contributed by atoms with Gasteiger partial charge in [-0.25, -0.2) is 4.79 Å². The van der Waals surface area contributed by atoms with Crippen molar-refractivity contribution in [2.45, 2.75) is 32.8 Å². The Balaban J connectivity index is 1.83. The van der Waals surface area contributed by atoms with Crippen LogP contribution in [0.4, 0.5) is 16.2 Å². The molecule has 7 heteroatoms. The highest BCUT2D eigenvalue weighted by Gasteiger charge is 2.19. The number of amides is 2. The first kappa shape index (κ1) is 26.0. The Morgan fingerprint density at radius 3 is 2.23 bits per heavy atom. The zero-order valence-electron chi connectivity index (χ0n) is 19.6. The number of ketones is 1. The highest BCUT2D eigenvalue weighted by atomic mass is 127. The summed E-state index contributed by atoms with van der Waals surface area (Å²) in [4.78, 5) is 37.6. The third-order valence-corrected chi connectivity index (χ3v) is 5.19. The molecule has 0 aromatic heterocycles. The van der Waals surface area contributed by atoms with Gasteiger partial charge in [0, 0.05) is 20.3 Å². The zero-order chi connectivity index (χ0) is 25.4. The maximum absolute atomic E-state index is 12.7. The van der Waals surface area contributed by atoms with Crippen molar-refractivity contribution >= 4 is 51.7 Å². The van der Waals surface area contributed by atoms with Crippen molar-refractivity contribution in [2.24, 2.45) is 0 Å². The highest BCUT2D eigenvalue weighted by molar-refractivity contribution is 14.1. The Hall–Kier alpha value is -3.64. The van der Waals surface area contributed by atoms with Crippen LogP contribution in [0.15, 0.2) is 72.8 Å². The number of carbonyl (C=O) groups is 3. The average Bonchev–Trinajstić information content (AvgIpc) is 2.78. The van der Waals surface area contributed by atoms with Crippen LogP contribution in [-0.4, -0.2) is 23.4 Å². The van der Waals surface area contributed by atoms with Crippen LogP contribution in [0.3, 0.4) is 0 Å². The predicted octanol–water partition coefficient (Wildman–Crippen LogP) is 6.25. The molecule has 0 radical (unpaired) electrons. The third kappa shape index (κ3) is 8.58. The van der Waals surface area contributed by atoms with Gasteiger partial charge in [0.25, 0.3) is 0 Å². The molecule has 3 aromatic carbocycles. The molecule has 3 rings (SSSR count). The quantitative estimate of drug-likeness (QED) is 0.162. The van der Waals surface area contributed by atoms with Gasteiger partial charge in [0.05, 0.1) is 17.8 Å². The number of benzene rings is 3. The van der Waals surface area contributed by atoms with Gasteiger partial charge in [0.1, 0.15) is 5.60 Å². The average molecular weight is 580 g/mol. The lowest BCUT2D eigenvalue weighted by Crippen LogP contribution is -2.27. The Bertz CT molecular complexity index is 1300. The smallest absolute Gasteiger partial charge is 0.412 e. The summed E-state index contributed by atoms with van der Waals surface area (Å²) in [5, 5.41) is 5.39. The largest absolute Gasteiger partial charge is 0.444 e. The predicted molar refractivity (Wildman–Crippen MR) is 145 cm³/mol. The number of carbonyl (C=O) groups excluding carboxylic acids is 3. The van der Waals surface area contributed by atoms with Gasteiger partial charge in [0.2, 0.25) is 5.91 Å². The van der Waals surface area contributed by atoms with E-state index in [4.69, 9.17) is 4.74 Å².